The zero-order valence-electron chi connectivity index (χ0n) is 9.20. The van der Waals surface area contributed by atoms with Gasteiger partial charge in [-0.3, -0.25) is 15.0 Å². The van der Waals surface area contributed by atoms with E-state index in [0.717, 1.165) is 11.1 Å². The Bertz CT molecular complexity index is 506. The summed E-state index contributed by atoms with van der Waals surface area (Å²) in [5, 5.41) is 2.21. The Kier molecular flexibility index (Phi) is 2.27. The maximum absolute atomic E-state index is 11.6. The van der Waals surface area contributed by atoms with Crippen molar-refractivity contribution < 1.29 is 9.59 Å². The largest absolute Gasteiger partial charge is 0.333 e. The fraction of sp³-hybridized carbons (Fsp3) is 0.167. The molecule has 0 saturated carbocycles. The van der Waals surface area contributed by atoms with Crippen LogP contribution in [0.1, 0.15) is 11.1 Å². The lowest BCUT2D eigenvalue weighted by molar-refractivity contribution is -0.115. The molecule has 1 aromatic rings. The standard InChI is InChI=1S/C12H12N2O2/c1-7-4-5-10(8(2)6-7)14-9(3)11(15)13-12(14)16/h4-6H,3H2,1-2H3,(H,13,15,16). The average molecular weight is 216 g/mol. The van der Waals surface area contributed by atoms with E-state index in [4.69, 9.17) is 0 Å². The molecule has 1 aliphatic heterocycles. The summed E-state index contributed by atoms with van der Waals surface area (Å²) < 4.78 is 0. The number of anilines is 1. The minimum atomic E-state index is -0.443. The topological polar surface area (TPSA) is 49.4 Å². The fourth-order valence-corrected chi connectivity index (χ4v) is 1.76. The van der Waals surface area contributed by atoms with E-state index in [9.17, 15) is 9.59 Å². The molecule has 0 aliphatic carbocycles. The van der Waals surface area contributed by atoms with Gasteiger partial charge >= 0.3 is 6.03 Å². The number of nitrogens with zero attached hydrogens (tertiary/aromatic N) is 1. The maximum Gasteiger partial charge on any atom is 0.333 e. The van der Waals surface area contributed by atoms with Gasteiger partial charge in [-0.1, -0.05) is 24.3 Å². The summed E-state index contributed by atoms with van der Waals surface area (Å²) in [6, 6.07) is 5.22. The molecule has 1 saturated heterocycles. The molecule has 4 heteroatoms. The first-order chi connectivity index (χ1) is 7.50. The van der Waals surface area contributed by atoms with Gasteiger partial charge in [0.25, 0.3) is 5.91 Å². The molecular formula is C12H12N2O2. The van der Waals surface area contributed by atoms with Crippen molar-refractivity contribution >= 4 is 17.6 Å². The van der Waals surface area contributed by atoms with Crippen LogP contribution in [0.5, 0.6) is 0 Å². The van der Waals surface area contributed by atoms with Gasteiger partial charge in [-0.05, 0) is 25.5 Å². The summed E-state index contributed by atoms with van der Waals surface area (Å²) in [7, 11) is 0. The van der Waals surface area contributed by atoms with E-state index in [0.29, 0.717) is 5.69 Å². The predicted octanol–water partition coefficient (Wildman–Crippen LogP) is 1.87. The van der Waals surface area contributed by atoms with Crippen LogP contribution in [0.15, 0.2) is 30.5 Å². The molecular weight excluding hydrogens is 204 g/mol. The zero-order chi connectivity index (χ0) is 11.9. The highest BCUT2D eigenvalue weighted by Gasteiger charge is 2.33. The molecule has 16 heavy (non-hydrogen) atoms. The van der Waals surface area contributed by atoms with E-state index in [1.54, 1.807) is 0 Å². The van der Waals surface area contributed by atoms with Crippen LogP contribution >= 0.6 is 0 Å². The Morgan fingerprint density at radius 1 is 1.25 bits per heavy atom. The second-order valence-electron chi connectivity index (χ2n) is 3.83. The number of carbonyl (C=O) groups excluding carboxylic acids is 2. The predicted molar refractivity (Wildman–Crippen MR) is 61.1 cm³/mol. The molecule has 0 bridgehead atoms. The van der Waals surface area contributed by atoms with Gasteiger partial charge in [0.1, 0.15) is 5.70 Å². The minimum Gasteiger partial charge on any atom is -0.272 e. The summed E-state index contributed by atoms with van der Waals surface area (Å²) in [5.74, 6) is -0.440. The molecule has 2 rings (SSSR count). The van der Waals surface area contributed by atoms with Crippen molar-refractivity contribution in [3.05, 3.63) is 41.6 Å². The lowest BCUT2D eigenvalue weighted by Gasteiger charge is -2.17. The Balaban J connectivity index is 2.48. The highest BCUT2D eigenvalue weighted by molar-refractivity contribution is 6.21. The molecule has 1 heterocycles. The van der Waals surface area contributed by atoms with E-state index < -0.39 is 11.9 Å². The van der Waals surface area contributed by atoms with Crippen LogP contribution in [0.25, 0.3) is 0 Å². The molecule has 0 radical (unpaired) electrons. The van der Waals surface area contributed by atoms with Crippen molar-refractivity contribution in [3.8, 4) is 0 Å². The third-order valence-electron chi connectivity index (χ3n) is 2.55. The number of hydrogen-bond donors (Lipinski definition) is 1. The normalized spacial score (nSPS) is 15.6. The van der Waals surface area contributed by atoms with Crippen molar-refractivity contribution in [2.45, 2.75) is 13.8 Å². The van der Waals surface area contributed by atoms with Crippen LogP contribution in [0.3, 0.4) is 0 Å². The van der Waals surface area contributed by atoms with Crippen molar-refractivity contribution in [2.24, 2.45) is 0 Å². The SMILES string of the molecule is C=C1C(=O)NC(=O)N1c1ccc(C)cc1C. The molecule has 4 nitrogen and oxygen atoms in total. The van der Waals surface area contributed by atoms with Gasteiger partial charge in [-0.15, -0.1) is 0 Å². The number of aryl methyl sites for hydroxylation is 2. The van der Waals surface area contributed by atoms with Gasteiger partial charge in [-0.2, -0.15) is 0 Å². The minimum absolute atomic E-state index is 0.164. The van der Waals surface area contributed by atoms with E-state index >= 15 is 0 Å². The summed E-state index contributed by atoms with van der Waals surface area (Å²) in [5.41, 5.74) is 2.90. The Morgan fingerprint density at radius 3 is 2.44 bits per heavy atom. The highest BCUT2D eigenvalue weighted by atomic mass is 16.2. The zero-order valence-corrected chi connectivity index (χ0v) is 9.20. The monoisotopic (exact) mass is 216 g/mol. The number of urea groups is 1. The molecule has 0 atom stereocenters. The van der Waals surface area contributed by atoms with Crippen LogP contribution in [0.4, 0.5) is 10.5 Å². The number of nitrogens with one attached hydrogen (secondary N) is 1. The number of benzene rings is 1. The fourth-order valence-electron chi connectivity index (χ4n) is 1.76. The smallest absolute Gasteiger partial charge is 0.272 e. The van der Waals surface area contributed by atoms with Crippen LogP contribution in [-0.2, 0) is 4.79 Å². The molecule has 1 N–H and O–H groups in total. The van der Waals surface area contributed by atoms with Gasteiger partial charge in [0, 0.05) is 0 Å². The number of hydrogen-bond acceptors (Lipinski definition) is 2. The number of rotatable bonds is 1. The van der Waals surface area contributed by atoms with Gasteiger partial charge in [0.2, 0.25) is 0 Å². The number of imide groups is 1. The van der Waals surface area contributed by atoms with E-state index in [-0.39, 0.29) is 5.70 Å². The van der Waals surface area contributed by atoms with Crippen molar-refractivity contribution in [3.63, 3.8) is 0 Å². The van der Waals surface area contributed by atoms with Crippen LogP contribution < -0.4 is 10.2 Å². The molecule has 82 valence electrons. The lowest BCUT2D eigenvalue weighted by Crippen LogP contribution is -2.27. The first-order valence-corrected chi connectivity index (χ1v) is 4.92. The second kappa shape index (κ2) is 3.48. The third kappa shape index (κ3) is 1.48. The van der Waals surface area contributed by atoms with Crippen LogP contribution in [0, 0.1) is 13.8 Å². The molecule has 0 unspecified atom stereocenters. The number of amides is 3. The van der Waals surface area contributed by atoms with Gasteiger partial charge in [-0.25, -0.2) is 4.79 Å². The summed E-state index contributed by atoms with van der Waals surface area (Å²) in [6.45, 7) is 7.47. The van der Waals surface area contributed by atoms with E-state index in [2.05, 4.69) is 11.9 Å². The van der Waals surface area contributed by atoms with E-state index in [1.807, 2.05) is 32.0 Å². The lowest BCUT2D eigenvalue weighted by atomic mass is 10.1. The van der Waals surface area contributed by atoms with Crippen molar-refractivity contribution in [2.75, 3.05) is 4.90 Å². The quantitative estimate of drug-likeness (QED) is 0.575. The van der Waals surface area contributed by atoms with Crippen LogP contribution in [0.2, 0.25) is 0 Å². The summed E-state index contributed by atoms with van der Waals surface area (Å²) in [4.78, 5) is 24.1. The first-order valence-electron chi connectivity index (χ1n) is 4.92. The summed E-state index contributed by atoms with van der Waals surface area (Å²) >= 11 is 0. The summed E-state index contributed by atoms with van der Waals surface area (Å²) in [6.07, 6.45) is 0. The Hall–Kier alpha value is -2.10. The van der Waals surface area contributed by atoms with Crippen LogP contribution in [-0.4, -0.2) is 11.9 Å². The Labute approximate surface area is 93.6 Å². The molecule has 1 aromatic carbocycles. The van der Waals surface area contributed by atoms with Gasteiger partial charge in [0.15, 0.2) is 0 Å². The third-order valence-corrected chi connectivity index (χ3v) is 2.55. The van der Waals surface area contributed by atoms with Crippen molar-refractivity contribution in [1.82, 2.24) is 5.32 Å². The molecule has 1 fully saturated rings. The Morgan fingerprint density at radius 2 is 1.94 bits per heavy atom. The average Bonchev–Trinajstić information content (AvgIpc) is 2.43. The molecule has 1 aliphatic rings. The molecule has 0 aromatic heterocycles. The van der Waals surface area contributed by atoms with E-state index in [1.165, 1.54) is 4.90 Å². The van der Waals surface area contributed by atoms with Crippen molar-refractivity contribution in [1.29, 1.82) is 0 Å². The number of carbonyl (C=O) groups is 2. The molecule has 0 spiro atoms. The molecule has 3 amide bonds. The highest BCUT2D eigenvalue weighted by Crippen LogP contribution is 2.26. The second-order valence-corrected chi connectivity index (χ2v) is 3.83. The van der Waals surface area contributed by atoms with Gasteiger partial charge in [0.05, 0.1) is 5.69 Å². The maximum atomic E-state index is 11.6. The van der Waals surface area contributed by atoms with Gasteiger partial charge < -0.3 is 0 Å². The first kappa shape index (κ1) is 10.4.